The van der Waals surface area contributed by atoms with Crippen molar-refractivity contribution in [1.82, 2.24) is 0 Å². The first kappa shape index (κ1) is 21.1. The number of esters is 1. The largest absolute Gasteiger partial charge is 0.462 e. The molecular formula is C23H24N2O2S2. The minimum atomic E-state index is -0.302. The number of carbonyl (C=O) groups excluding carboxylic acids is 1. The van der Waals surface area contributed by atoms with Crippen LogP contribution in [0.5, 0.6) is 0 Å². The highest BCUT2D eigenvalue weighted by Gasteiger charge is 2.18. The van der Waals surface area contributed by atoms with E-state index in [9.17, 15) is 4.79 Å². The molecule has 0 aliphatic heterocycles. The van der Waals surface area contributed by atoms with Crippen LogP contribution in [0.25, 0.3) is 0 Å². The summed E-state index contributed by atoms with van der Waals surface area (Å²) in [5, 5.41) is 0. The number of ether oxygens (including phenoxy) is 1. The van der Waals surface area contributed by atoms with Crippen molar-refractivity contribution in [2.45, 2.75) is 39.9 Å². The number of carbonyl (C=O) groups is 1. The first-order valence-corrected chi connectivity index (χ1v) is 11.0. The molecule has 0 spiro atoms. The molecule has 0 atom stereocenters. The quantitative estimate of drug-likeness (QED) is 0.363. The van der Waals surface area contributed by atoms with E-state index in [0.717, 1.165) is 37.3 Å². The number of aryl methyl sites for hydroxylation is 1. The molecule has 0 aliphatic carbocycles. The van der Waals surface area contributed by atoms with Crippen molar-refractivity contribution in [2.24, 2.45) is 0 Å². The van der Waals surface area contributed by atoms with E-state index in [4.69, 9.17) is 16.2 Å². The van der Waals surface area contributed by atoms with Crippen molar-refractivity contribution in [3.63, 3.8) is 0 Å². The third-order valence-electron chi connectivity index (χ3n) is 4.25. The predicted octanol–water partition coefficient (Wildman–Crippen LogP) is 5.89. The average Bonchev–Trinajstić information content (AvgIpc) is 2.72. The Morgan fingerprint density at radius 1 is 0.828 bits per heavy atom. The Hall–Kier alpha value is -2.57. The van der Waals surface area contributed by atoms with Crippen molar-refractivity contribution in [3.05, 3.63) is 71.8 Å². The van der Waals surface area contributed by atoms with Crippen molar-refractivity contribution in [2.75, 3.05) is 18.1 Å². The van der Waals surface area contributed by atoms with Crippen molar-refractivity contribution in [3.8, 4) is 0 Å². The highest BCUT2D eigenvalue weighted by molar-refractivity contribution is 8.00. The van der Waals surface area contributed by atoms with Gasteiger partial charge in [-0.3, -0.25) is 0 Å². The maximum atomic E-state index is 12.6. The zero-order valence-electron chi connectivity index (χ0n) is 16.5. The van der Waals surface area contributed by atoms with Gasteiger partial charge in [-0.15, -0.1) is 0 Å². The average molecular weight is 425 g/mol. The van der Waals surface area contributed by atoms with Crippen molar-refractivity contribution in [1.29, 1.82) is 0 Å². The lowest BCUT2D eigenvalue weighted by atomic mass is 10.1. The van der Waals surface area contributed by atoms with Crippen LogP contribution in [0.15, 0.2) is 80.2 Å². The van der Waals surface area contributed by atoms with Crippen LogP contribution in [0.1, 0.15) is 29.8 Å². The van der Waals surface area contributed by atoms with Crippen LogP contribution in [-0.4, -0.2) is 12.6 Å². The van der Waals surface area contributed by atoms with Crippen LogP contribution in [0, 0.1) is 0 Å². The van der Waals surface area contributed by atoms with Gasteiger partial charge in [0.05, 0.1) is 12.2 Å². The van der Waals surface area contributed by atoms with Crippen LogP contribution in [0.2, 0.25) is 0 Å². The van der Waals surface area contributed by atoms with E-state index in [1.165, 1.54) is 11.8 Å². The lowest BCUT2D eigenvalue weighted by Gasteiger charge is -2.15. The van der Waals surface area contributed by atoms with Gasteiger partial charge in [-0.05, 0) is 79.6 Å². The van der Waals surface area contributed by atoms with Gasteiger partial charge in [-0.25, -0.2) is 4.79 Å². The van der Waals surface area contributed by atoms with E-state index >= 15 is 0 Å². The molecule has 0 amide bonds. The molecule has 3 aromatic carbocycles. The number of nitrogens with two attached hydrogens (primary N) is 2. The van der Waals surface area contributed by atoms with Crippen LogP contribution in [0.3, 0.4) is 0 Å². The van der Waals surface area contributed by atoms with Gasteiger partial charge in [-0.1, -0.05) is 30.4 Å². The highest BCUT2D eigenvalue weighted by atomic mass is 32.2. The summed E-state index contributed by atoms with van der Waals surface area (Å²) in [6, 6.07) is 19.5. The van der Waals surface area contributed by atoms with Crippen molar-refractivity contribution >= 4 is 40.9 Å². The SMILES string of the molecule is CCOC(=O)c1cc(CC)c(Sc2ccc(N)cc2)cc1Sc1ccc(N)cc1. The minimum Gasteiger partial charge on any atom is -0.462 e. The zero-order chi connectivity index (χ0) is 20.8. The van der Waals surface area contributed by atoms with Gasteiger partial charge in [0.15, 0.2) is 0 Å². The Kier molecular flexibility index (Phi) is 7.12. The maximum absolute atomic E-state index is 12.6. The van der Waals surface area contributed by atoms with Gasteiger partial charge in [0.2, 0.25) is 0 Å². The topological polar surface area (TPSA) is 78.3 Å². The van der Waals surface area contributed by atoms with E-state index in [-0.39, 0.29) is 5.97 Å². The smallest absolute Gasteiger partial charge is 0.339 e. The van der Waals surface area contributed by atoms with E-state index in [2.05, 4.69) is 13.0 Å². The number of hydrogen-bond acceptors (Lipinski definition) is 6. The van der Waals surface area contributed by atoms with Gasteiger partial charge in [0, 0.05) is 31.0 Å². The standard InChI is InChI=1S/C23H24N2O2S2/c1-3-15-13-20(23(26)27-4-2)22(29-19-11-7-17(25)8-12-19)14-21(15)28-18-9-5-16(24)6-10-18/h5-14H,3-4,24-25H2,1-2H3. The Balaban J connectivity index is 2.02. The molecule has 150 valence electrons. The molecule has 0 aliphatic rings. The van der Waals surface area contributed by atoms with E-state index < -0.39 is 0 Å². The van der Waals surface area contributed by atoms with Gasteiger partial charge in [0.25, 0.3) is 0 Å². The molecule has 0 radical (unpaired) electrons. The summed E-state index contributed by atoms with van der Waals surface area (Å²) in [4.78, 5) is 16.7. The van der Waals surface area contributed by atoms with Crippen LogP contribution in [-0.2, 0) is 11.2 Å². The molecule has 0 heterocycles. The fourth-order valence-corrected chi connectivity index (χ4v) is 4.82. The number of rotatable bonds is 7. The molecule has 0 bridgehead atoms. The molecule has 0 saturated heterocycles. The molecule has 4 nitrogen and oxygen atoms in total. The summed E-state index contributed by atoms with van der Waals surface area (Å²) in [5.41, 5.74) is 14.8. The van der Waals surface area contributed by atoms with Gasteiger partial charge in [-0.2, -0.15) is 0 Å². The van der Waals surface area contributed by atoms with E-state index in [1.54, 1.807) is 11.8 Å². The van der Waals surface area contributed by atoms with Gasteiger partial charge < -0.3 is 16.2 Å². The monoisotopic (exact) mass is 424 g/mol. The second-order valence-electron chi connectivity index (χ2n) is 6.37. The van der Waals surface area contributed by atoms with Crippen LogP contribution in [0.4, 0.5) is 11.4 Å². The van der Waals surface area contributed by atoms with Crippen LogP contribution >= 0.6 is 23.5 Å². The molecule has 3 aromatic rings. The van der Waals surface area contributed by atoms with Gasteiger partial charge >= 0.3 is 5.97 Å². The third kappa shape index (κ3) is 5.49. The molecule has 29 heavy (non-hydrogen) atoms. The normalized spacial score (nSPS) is 10.7. The summed E-state index contributed by atoms with van der Waals surface area (Å²) in [5.74, 6) is -0.302. The Bertz CT molecular complexity index is 987. The minimum absolute atomic E-state index is 0.302. The number of benzene rings is 3. The van der Waals surface area contributed by atoms with Crippen LogP contribution < -0.4 is 11.5 Å². The van der Waals surface area contributed by atoms with Gasteiger partial charge in [0.1, 0.15) is 0 Å². The lowest BCUT2D eigenvalue weighted by Crippen LogP contribution is -2.07. The second kappa shape index (κ2) is 9.76. The summed E-state index contributed by atoms with van der Waals surface area (Å²) in [6.07, 6.45) is 0.816. The molecule has 0 saturated carbocycles. The first-order valence-electron chi connectivity index (χ1n) is 9.41. The maximum Gasteiger partial charge on any atom is 0.339 e. The number of hydrogen-bond donors (Lipinski definition) is 2. The number of anilines is 2. The summed E-state index contributed by atoms with van der Waals surface area (Å²) >= 11 is 3.20. The Labute approximate surface area is 180 Å². The van der Waals surface area contributed by atoms with E-state index in [1.807, 2.05) is 61.5 Å². The fraction of sp³-hybridized carbons (Fsp3) is 0.174. The summed E-state index contributed by atoms with van der Waals surface area (Å²) in [6.45, 7) is 4.25. The molecule has 3 rings (SSSR count). The molecule has 6 heteroatoms. The lowest BCUT2D eigenvalue weighted by molar-refractivity contribution is 0.0522. The fourth-order valence-electron chi connectivity index (χ4n) is 2.76. The molecule has 0 aromatic heterocycles. The predicted molar refractivity (Wildman–Crippen MR) is 122 cm³/mol. The Morgan fingerprint density at radius 2 is 1.34 bits per heavy atom. The summed E-state index contributed by atoms with van der Waals surface area (Å²) < 4.78 is 5.30. The third-order valence-corrected chi connectivity index (χ3v) is 6.43. The molecule has 0 fully saturated rings. The second-order valence-corrected chi connectivity index (χ2v) is 8.60. The zero-order valence-corrected chi connectivity index (χ0v) is 18.1. The first-order chi connectivity index (χ1) is 14.0. The van der Waals surface area contributed by atoms with Crippen molar-refractivity contribution < 1.29 is 9.53 Å². The molecule has 0 unspecified atom stereocenters. The summed E-state index contributed by atoms with van der Waals surface area (Å²) in [7, 11) is 0. The molecular weight excluding hydrogens is 400 g/mol. The Morgan fingerprint density at radius 3 is 1.83 bits per heavy atom. The molecule has 4 N–H and O–H groups in total. The highest BCUT2D eigenvalue weighted by Crippen LogP contribution is 2.39. The number of nitrogen functional groups attached to an aromatic ring is 2. The van der Waals surface area contributed by atoms with E-state index in [0.29, 0.717) is 17.9 Å².